The first-order valence-corrected chi connectivity index (χ1v) is 17.1. The molecule has 0 radical (unpaired) electrons. The predicted octanol–water partition coefficient (Wildman–Crippen LogP) is 6.95. The highest BCUT2D eigenvalue weighted by Crippen LogP contribution is 2.38. The lowest BCUT2D eigenvalue weighted by atomic mass is 10.0. The Kier molecular flexibility index (Phi) is 15.1. The van der Waals surface area contributed by atoms with Gasteiger partial charge in [-0.1, -0.05) is 103 Å². The van der Waals surface area contributed by atoms with Gasteiger partial charge >= 0.3 is 17.9 Å². The normalized spacial score (nSPS) is 20.6. The molecule has 0 saturated heterocycles. The molecule has 0 fully saturated rings. The second-order valence-electron chi connectivity index (χ2n) is 11.5. The van der Waals surface area contributed by atoms with Crippen molar-refractivity contribution < 1.29 is 71.1 Å². The SMILES string of the molecule is [2H]C([2H])(C(=O)O)C([2H])([2H])C([2H])([2H])C([2H])([2H])C([2H])([2H])C([2H])([2H])C([2H])([2H])C(=O)O[C@H](COC(=O)CCCCCCCCCCCCCCC)COP(=O)([O-])OCC[N+](C)(C)C. The number of esters is 2. The zero-order valence-electron chi connectivity index (χ0n) is 41.3. The summed E-state index contributed by atoms with van der Waals surface area (Å²) in [5.41, 5.74) is 0. The van der Waals surface area contributed by atoms with Crippen LogP contribution in [0.5, 0.6) is 0 Å². The molecule has 1 unspecified atom stereocenters. The van der Waals surface area contributed by atoms with E-state index in [0.29, 0.717) is 12.8 Å². The Labute approximate surface area is 292 Å². The summed E-state index contributed by atoms with van der Waals surface area (Å²) in [7, 11) is 0.0467. The Bertz CT molecular complexity index is 1380. The van der Waals surface area contributed by atoms with E-state index in [4.69, 9.17) is 42.8 Å². The first kappa shape index (κ1) is 24.6. The van der Waals surface area contributed by atoms with Gasteiger partial charge in [0, 0.05) is 38.4 Å². The Morgan fingerprint density at radius 2 is 1.27 bits per heavy atom. The van der Waals surface area contributed by atoms with Crippen LogP contribution in [0.1, 0.15) is 161 Å². The number of nitrogens with zero attached hydrogens (tertiary/aromatic N) is 1. The van der Waals surface area contributed by atoms with E-state index in [1.54, 1.807) is 21.1 Å². The molecule has 0 aromatic carbocycles. The van der Waals surface area contributed by atoms with Crippen molar-refractivity contribution in [3.63, 3.8) is 0 Å². The average molecular weight is 680 g/mol. The molecule has 0 aliphatic heterocycles. The summed E-state index contributed by atoms with van der Waals surface area (Å²) in [6.07, 6.45) is -19.8. The molecule has 11 nitrogen and oxygen atoms in total. The number of unbranched alkanes of at least 4 members (excludes halogenated alkanes) is 12. The number of aliphatic carboxylic acids is 1. The van der Waals surface area contributed by atoms with Gasteiger partial charge in [-0.25, -0.2) is 0 Å². The molecule has 1 N–H and O–H groups in total. The molecule has 0 aromatic heterocycles. The van der Waals surface area contributed by atoms with E-state index in [0.717, 1.165) is 32.1 Å². The molecule has 2 atom stereocenters. The standard InChI is InChI=1S/C33H64NO10P/c1-5-6-7-8-9-10-11-12-13-14-15-18-21-24-32(37)41-28-30(29-43-45(39,40)42-27-26-34(2,3)4)44-33(38)25-22-19-16-17-20-23-31(35)36/h30H,5-29H2,1-4H3,(H-,35,36,39,40)/t30-/m1/s1/i16D2,17D2,19D2,20D2,22D2,23D2,25D2. The van der Waals surface area contributed by atoms with Crippen molar-refractivity contribution in [2.24, 2.45) is 0 Å². The number of carboxylic acids is 1. The molecule has 0 saturated carbocycles. The van der Waals surface area contributed by atoms with Gasteiger partial charge in [0.25, 0.3) is 7.82 Å². The van der Waals surface area contributed by atoms with Gasteiger partial charge in [0.15, 0.2) is 6.10 Å². The zero-order valence-corrected chi connectivity index (χ0v) is 28.2. The van der Waals surface area contributed by atoms with Crippen LogP contribution in [0, 0.1) is 0 Å². The van der Waals surface area contributed by atoms with Crippen LogP contribution in [0.2, 0.25) is 0 Å². The van der Waals surface area contributed by atoms with E-state index in [-0.39, 0.29) is 24.1 Å². The number of hydrogen-bond donors (Lipinski definition) is 1. The summed E-state index contributed by atoms with van der Waals surface area (Å²) in [6.45, 7) is -0.169. The lowest BCUT2D eigenvalue weighted by Gasteiger charge is -2.28. The minimum atomic E-state index is -5.16. The van der Waals surface area contributed by atoms with Gasteiger partial charge in [-0.2, -0.15) is 0 Å². The summed E-state index contributed by atoms with van der Waals surface area (Å²) in [5, 5.41) is 9.15. The van der Waals surface area contributed by atoms with Crippen molar-refractivity contribution in [2.45, 2.75) is 148 Å². The van der Waals surface area contributed by atoms with E-state index in [2.05, 4.69) is 6.92 Å². The van der Waals surface area contributed by atoms with Gasteiger partial charge in [-0.05, 0) is 19.2 Å². The number of phosphoric acid groups is 1. The van der Waals surface area contributed by atoms with Crippen molar-refractivity contribution in [2.75, 3.05) is 47.5 Å². The average Bonchev–Trinajstić information content (AvgIpc) is 3.09. The number of quaternary nitrogens is 1. The lowest BCUT2D eigenvalue weighted by Crippen LogP contribution is -2.37. The first-order chi connectivity index (χ1) is 26.6. The number of carboxylic acid groups (broad SMARTS) is 1. The number of rotatable bonds is 32. The smallest absolute Gasteiger partial charge is 0.306 e. The number of likely N-dealkylation sites (N-methyl/N-ethyl adjacent to an activating group) is 1. The number of phosphoric ester groups is 1. The lowest BCUT2D eigenvalue weighted by molar-refractivity contribution is -0.870. The van der Waals surface area contributed by atoms with Crippen LogP contribution in [-0.4, -0.2) is 81.1 Å². The summed E-state index contributed by atoms with van der Waals surface area (Å²) in [5.74, 6) is -5.80. The van der Waals surface area contributed by atoms with Gasteiger partial charge in [0.05, 0.1) is 27.7 Å². The van der Waals surface area contributed by atoms with Crippen LogP contribution in [0.15, 0.2) is 0 Å². The minimum absolute atomic E-state index is 0.110. The monoisotopic (exact) mass is 680 g/mol. The van der Waals surface area contributed by atoms with Crippen LogP contribution >= 0.6 is 7.82 Å². The molecular weight excluding hydrogens is 601 g/mol. The topological polar surface area (TPSA) is 148 Å². The molecule has 12 heteroatoms. The highest BCUT2D eigenvalue weighted by molar-refractivity contribution is 7.45. The Hall–Kier alpha value is -1.52. The summed E-state index contributed by atoms with van der Waals surface area (Å²) >= 11 is 0. The fourth-order valence-corrected chi connectivity index (χ4v) is 4.47. The van der Waals surface area contributed by atoms with Crippen molar-refractivity contribution >= 4 is 25.7 Å². The number of carbonyl (C=O) groups excluding carboxylic acids is 2. The highest BCUT2D eigenvalue weighted by Gasteiger charge is 2.21. The molecule has 0 aromatic rings. The van der Waals surface area contributed by atoms with Crippen LogP contribution in [0.4, 0.5) is 0 Å². The number of carbonyl (C=O) groups is 3. The van der Waals surface area contributed by atoms with E-state index in [9.17, 15) is 23.8 Å². The molecular formula is C33H64NO10P. The van der Waals surface area contributed by atoms with E-state index in [1.165, 1.54) is 38.5 Å². The van der Waals surface area contributed by atoms with Gasteiger partial charge in [-0.15, -0.1) is 0 Å². The van der Waals surface area contributed by atoms with Crippen LogP contribution in [0.25, 0.3) is 0 Å². The maximum absolute atomic E-state index is 13.2. The fourth-order valence-electron chi connectivity index (χ4n) is 3.74. The zero-order chi connectivity index (χ0) is 46.4. The van der Waals surface area contributed by atoms with Gasteiger partial charge < -0.3 is 33.0 Å². The Balaban J connectivity index is 5.93. The molecule has 0 aliphatic rings. The van der Waals surface area contributed by atoms with E-state index < -0.39 is 89.7 Å². The van der Waals surface area contributed by atoms with Crippen molar-refractivity contribution in [1.29, 1.82) is 0 Å². The Morgan fingerprint density at radius 3 is 1.80 bits per heavy atom. The largest absolute Gasteiger partial charge is 0.756 e. The van der Waals surface area contributed by atoms with Crippen molar-refractivity contribution in [1.82, 2.24) is 0 Å². The molecule has 0 amide bonds. The fraction of sp³-hybridized carbons (Fsp3) is 0.909. The number of ether oxygens (including phenoxy) is 2. The molecule has 0 aliphatic carbocycles. The third kappa shape index (κ3) is 32.2. The van der Waals surface area contributed by atoms with Crippen LogP contribution in [-0.2, 0) is 37.5 Å². The van der Waals surface area contributed by atoms with Crippen LogP contribution in [0.3, 0.4) is 0 Å². The summed E-state index contributed by atoms with van der Waals surface area (Å²) in [6, 6.07) is 0. The second-order valence-corrected chi connectivity index (χ2v) is 12.9. The molecule has 266 valence electrons. The van der Waals surface area contributed by atoms with Crippen LogP contribution < -0.4 is 4.89 Å². The molecule has 0 rings (SSSR count). The third-order valence-corrected chi connectivity index (χ3v) is 7.17. The Morgan fingerprint density at radius 1 is 0.756 bits per heavy atom. The molecule has 0 heterocycles. The van der Waals surface area contributed by atoms with E-state index >= 15 is 0 Å². The van der Waals surface area contributed by atoms with E-state index in [1.807, 2.05) is 0 Å². The summed E-state index contributed by atoms with van der Waals surface area (Å²) < 4.78 is 144. The molecule has 0 bridgehead atoms. The maximum Gasteiger partial charge on any atom is 0.306 e. The maximum atomic E-state index is 13.2. The predicted molar refractivity (Wildman–Crippen MR) is 174 cm³/mol. The minimum Gasteiger partial charge on any atom is -0.756 e. The first-order valence-electron chi connectivity index (χ1n) is 22.6. The van der Waals surface area contributed by atoms with Crippen molar-refractivity contribution in [3.05, 3.63) is 0 Å². The van der Waals surface area contributed by atoms with Crippen molar-refractivity contribution in [3.8, 4) is 0 Å². The van der Waals surface area contributed by atoms with Gasteiger partial charge in [-0.3, -0.25) is 18.9 Å². The summed E-state index contributed by atoms with van der Waals surface area (Å²) in [4.78, 5) is 49.7. The van der Waals surface area contributed by atoms with Gasteiger partial charge in [0.2, 0.25) is 0 Å². The van der Waals surface area contributed by atoms with Gasteiger partial charge in [0.1, 0.15) is 19.8 Å². The second kappa shape index (κ2) is 27.6. The number of hydrogen-bond acceptors (Lipinski definition) is 9. The molecule has 0 spiro atoms. The highest BCUT2D eigenvalue weighted by atomic mass is 31.2. The molecule has 45 heavy (non-hydrogen) atoms. The quantitative estimate of drug-likeness (QED) is 0.0343. The third-order valence-electron chi connectivity index (χ3n) is 6.20.